The van der Waals surface area contributed by atoms with Gasteiger partial charge in [0.2, 0.25) is 5.91 Å². The smallest absolute Gasteiger partial charge is 0.261 e. The van der Waals surface area contributed by atoms with Gasteiger partial charge in [0.05, 0.1) is 7.11 Å². The predicted octanol–water partition coefficient (Wildman–Crippen LogP) is 4.56. The van der Waals surface area contributed by atoms with Crippen molar-refractivity contribution in [2.75, 3.05) is 13.7 Å². The minimum atomic E-state index is -0.617. The number of methoxy groups -OCH3 is 1. The Balaban J connectivity index is 1.74. The van der Waals surface area contributed by atoms with Crippen LogP contribution in [0.25, 0.3) is 0 Å². The molecule has 178 valence electrons. The highest BCUT2D eigenvalue weighted by atomic mass is 16.5. The Bertz CT molecular complexity index is 933. The van der Waals surface area contributed by atoms with Crippen molar-refractivity contribution >= 4 is 11.8 Å². The molecule has 0 heterocycles. The van der Waals surface area contributed by atoms with Crippen LogP contribution in [0.15, 0.2) is 42.5 Å². The summed E-state index contributed by atoms with van der Waals surface area (Å²) in [5.74, 6) is 1.01. The summed E-state index contributed by atoms with van der Waals surface area (Å²) in [5.41, 5.74) is 3.04. The minimum Gasteiger partial charge on any atom is -0.497 e. The van der Waals surface area contributed by atoms with Crippen molar-refractivity contribution in [3.8, 4) is 11.5 Å². The fourth-order valence-electron chi connectivity index (χ4n) is 4.36. The van der Waals surface area contributed by atoms with E-state index in [2.05, 4.69) is 11.4 Å². The summed E-state index contributed by atoms with van der Waals surface area (Å²) >= 11 is 0. The van der Waals surface area contributed by atoms with E-state index in [1.165, 1.54) is 6.42 Å². The van der Waals surface area contributed by atoms with Crippen LogP contribution in [0, 0.1) is 13.8 Å². The van der Waals surface area contributed by atoms with Crippen LogP contribution in [0.1, 0.15) is 55.7 Å². The van der Waals surface area contributed by atoms with Gasteiger partial charge in [0.25, 0.3) is 5.91 Å². The standard InChI is InChI=1S/C27H36N2O4/c1-19-13-20(2)15-25(14-19)33-18-26(30)29(17-22-9-8-12-24(16-22)32-4)21(3)27(31)28-23-10-6-5-7-11-23/h8-9,12-16,21,23H,5-7,10-11,17-18H2,1-4H3,(H,28,31)/t21-/m1/s1. The molecule has 2 aromatic carbocycles. The molecule has 0 spiro atoms. The van der Waals surface area contributed by atoms with Crippen LogP contribution in [0.2, 0.25) is 0 Å². The zero-order chi connectivity index (χ0) is 23.8. The quantitative estimate of drug-likeness (QED) is 0.606. The summed E-state index contributed by atoms with van der Waals surface area (Å²) in [6, 6.07) is 13.0. The fraction of sp³-hybridized carbons (Fsp3) is 0.481. The summed E-state index contributed by atoms with van der Waals surface area (Å²) in [6.45, 7) is 5.94. The topological polar surface area (TPSA) is 67.9 Å². The first kappa shape index (κ1) is 24.6. The summed E-state index contributed by atoms with van der Waals surface area (Å²) in [7, 11) is 1.61. The van der Waals surface area contributed by atoms with E-state index in [0.717, 1.165) is 42.4 Å². The Kier molecular flexibility index (Phi) is 8.75. The number of hydrogen-bond donors (Lipinski definition) is 1. The molecule has 1 aliphatic carbocycles. The summed E-state index contributed by atoms with van der Waals surface area (Å²) in [4.78, 5) is 27.9. The van der Waals surface area contributed by atoms with Crippen molar-refractivity contribution in [3.05, 3.63) is 59.2 Å². The van der Waals surface area contributed by atoms with Crippen LogP contribution in [0.3, 0.4) is 0 Å². The molecule has 0 unspecified atom stereocenters. The third-order valence-corrected chi connectivity index (χ3v) is 6.16. The number of ether oxygens (including phenoxy) is 2. The molecule has 6 nitrogen and oxygen atoms in total. The lowest BCUT2D eigenvalue weighted by molar-refractivity contribution is -0.142. The highest BCUT2D eigenvalue weighted by Gasteiger charge is 2.28. The first-order valence-corrected chi connectivity index (χ1v) is 11.8. The van der Waals surface area contributed by atoms with Gasteiger partial charge in [-0.1, -0.05) is 37.5 Å². The molecule has 2 aromatic rings. The Labute approximate surface area is 197 Å². The van der Waals surface area contributed by atoms with Gasteiger partial charge in [-0.15, -0.1) is 0 Å². The molecule has 1 saturated carbocycles. The van der Waals surface area contributed by atoms with E-state index in [1.807, 2.05) is 50.2 Å². The molecule has 6 heteroatoms. The lowest BCUT2D eigenvalue weighted by Crippen LogP contribution is -2.51. The number of aryl methyl sites for hydroxylation is 2. The number of carbonyl (C=O) groups excluding carboxylic acids is 2. The predicted molar refractivity (Wildman–Crippen MR) is 129 cm³/mol. The molecule has 0 aromatic heterocycles. The second-order valence-electron chi connectivity index (χ2n) is 9.00. The van der Waals surface area contributed by atoms with Crippen LogP contribution in [-0.2, 0) is 16.1 Å². The second-order valence-corrected chi connectivity index (χ2v) is 9.00. The lowest BCUT2D eigenvalue weighted by atomic mass is 9.95. The van der Waals surface area contributed by atoms with Gasteiger partial charge in [-0.2, -0.15) is 0 Å². The van der Waals surface area contributed by atoms with Crippen molar-refractivity contribution in [2.24, 2.45) is 0 Å². The molecule has 1 N–H and O–H groups in total. The van der Waals surface area contributed by atoms with Gasteiger partial charge in [0.1, 0.15) is 17.5 Å². The largest absolute Gasteiger partial charge is 0.497 e. The number of nitrogens with one attached hydrogen (secondary N) is 1. The minimum absolute atomic E-state index is 0.121. The fourth-order valence-corrected chi connectivity index (χ4v) is 4.36. The number of rotatable bonds is 9. The highest BCUT2D eigenvalue weighted by molar-refractivity contribution is 5.88. The average molecular weight is 453 g/mol. The van der Waals surface area contributed by atoms with Crippen molar-refractivity contribution in [1.82, 2.24) is 10.2 Å². The molecule has 0 aliphatic heterocycles. The third-order valence-electron chi connectivity index (χ3n) is 6.16. The second kappa shape index (κ2) is 11.7. The van der Waals surface area contributed by atoms with Crippen LogP contribution in [-0.4, -0.2) is 42.5 Å². The van der Waals surface area contributed by atoms with Crippen LogP contribution >= 0.6 is 0 Å². The van der Waals surface area contributed by atoms with E-state index < -0.39 is 6.04 Å². The summed E-state index contributed by atoms with van der Waals surface area (Å²) in [6.07, 6.45) is 5.49. The maximum Gasteiger partial charge on any atom is 0.261 e. The Morgan fingerprint density at radius 1 is 1.03 bits per heavy atom. The van der Waals surface area contributed by atoms with E-state index in [9.17, 15) is 9.59 Å². The molecule has 1 fully saturated rings. The summed E-state index contributed by atoms with van der Waals surface area (Å²) < 4.78 is 11.2. The molecule has 1 atom stereocenters. The van der Waals surface area contributed by atoms with Crippen molar-refractivity contribution < 1.29 is 19.1 Å². The molecule has 33 heavy (non-hydrogen) atoms. The van der Waals surface area contributed by atoms with E-state index in [-0.39, 0.29) is 24.5 Å². The van der Waals surface area contributed by atoms with Crippen molar-refractivity contribution in [3.63, 3.8) is 0 Å². The van der Waals surface area contributed by atoms with Gasteiger partial charge in [0, 0.05) is 12.6 Å². The first-order valence-electron chi connectivity index (χ1n) is 11.8. The molecular weight excluding hydrogens is 416 g/mol. The normalized spacial score (nSPS) is 14.9. The Hall–Kier alpha value is -3.02. The van der Waals surface area contributed by atoms with Crippen LogP contribution < -0.4 is 14.8 Å². The Morgan fingerprint density at radius 2 is 1.73 bits per heavy atom. The lowest BCUT2D eigenvalue weighted by Gasteiger charge is -2.31. The van der Waals surface area contributed by atoms with E-state index >= 15 is 0 Å². The van der Waals surface area contributed by atoms with Gasteiger partial charge >= 0.3 is 0 Å². The van der Waals surface area contributed by atoms with Gasteiger partial charge in [-0.3, -0.25) is 9.59 Å². The van der Waals surface area contributed by atoms with E-state index in [4.69, 9.17) is 9.47 Å². The average Bonchev–Trinajstić information content (AvgIpc) is 2.80. The third kappa shape index (κ3) is 7.24. The highest BCUT2D eigenvalue weighted by Crippen LogP contribution is 2.20. The zero-order valence-corrected chi connectivity index (χ0v) is 20.2. The monoisotopic (exact) mass is 452 g/mol. The van der Waals surface area contributed by atoms with Crippen LogP contribution in [0.5, 0.6) is 11.5 Å². The maximum absolute atomic E-state index is 13.3. The molecular formula is C27H36N2O4. The van der Waals surface area contributed by atoms with Crippen molar-refractivity contribution in [1.29, 1.82) is 0 Å². The number of carbonyl (C=O) groups is 2. The zero-order valence-electron chi connectivity index (χ0n) is 20.2. The van der Waals surface area contributed by atoms with Crippen molar-refractivity contribution in [2.45, 2.75) is 71.5 Å². The van der Waals surface area contributed by atoms with Gasteiger partial charge in [-0.25, -0.2) is 0 Å². The molecule has 2 amide bonds. The summed E-state index contributed by atoms with van der Waals surface area (Å²) in [5, 5.41) is 3.15. The van der Waals surface area contributed by atoms with E-state index in [0.29, 0.717) is 18.0 Å². The molecule has 0 bridgehead atoms. The number of hydrogen-bond acceptors (Lipinski definition) is 4. The van der Waals surface area contributed by atoms with Gasteiger partial charge in [-0.05, 0) is 74.6 Å². The van der Waals surface area contributed by atoms with E-state index in [1.54, 1.807) is 18.9 Å². The molecule has 0 saturated heterocycles. The number of amides is 2. The van der Waals surface area contributed by atoms with Gasteiger partial charge < -0.3 is 19.7 Å². The molecule has 3 rings (SSSR count). The van der Waals surface area contributed by atoms with Crippen LogP contribution in [0.4, 0.5) is 0 Å². The molecule has 1 aliphatic rings. The van der Waals surface area contributed by atoms with Gasteiger partial charge in [0.15, 0.2) is 6.61 Å². The maximum atomic E-state index is 13.3. The SMILES string of the molecule is COc1cccc(CN(C(=O)COc2cc(C)cc(C)c2)[C@H](C)C(=O)NC2CCCCC2)c1. The number of nitrogens with zero attached hydrogens (tertiary/aromatic N) is 1. The molecule has 0 radical (unpaired) electrons. The number of benzene rings is 2. The first-order chi connectivity index (χ1) is 15.9. The Morgan fingerprint density at radius 3 is 2.39 bits per heavy atom.